The van der Waals surface area contributed by atoms with Gasteiger partial charge in [0.2, 0.25) is 0 Å². The number of nitrogens with one attached hydrogen (secondary N) is 1. The van der Waals surface area contributed by atoms with Crippen molar-refractivity contribution in [2.75, 3.05) is 6.61 Å². The van der Waals surface area contributed by atoms with Gasteiger partial charge in [-0.1, -0.05) is 61.9 Å². The Labute approximate surface area is 147 Å². The average molecular weight is 353 g/mol. The first-order chi connectivity index (χ1) is 11.5. The summed E-state index contributed by atoms with van der Waals surface area (Å²) < 4.78 is 0. The Hall–Kier alpha value is -1.41. The second kappa shape index (κ2) is 11.2. The van der Waals surface area contributed by atoms with Gasteiger partial charge in [-0.2, -0.15) is 5.48 Å². The molecule has 0 fully saturated rings. The van der Waals surface area contributed by atoms with Crippen molar-refractivity contribution in [1.82, 2.24) is 5.48 Å². The number of nitrogens with zero attached hydrogens (tertiary/aromatic N) is 1. The fourth-order valence-electron chi connectivity index (χ4n) is 1.95. The average Bonchev–Trinajstić information content (AvgIpc) is 2.92. The zero-order valence-electron chi connectivity index (χ0n) is 14.3. The number of thioether (sulfide) groups is 1. The van der Waals surface area contributed by atoms with Crippen molar-refractivity contribution in [2.24, 2.45) is 10.7 Å². The Bertz CT molecular complexity index is 509. The van der Waals surface area contributed by atoms with Crippen LogP contribution in [-0.4, -0.2) is 34.1 Å². The topological polar surface area (TPSA) is 96.9 Å². The number of carbonyl (C=O) groups is 1. The van der Waals surface area contributed by atoms with E-state index in [2.05, 4.69) is 29.5 Å². The molecule has 134 valence electrons. The molecule has 0 bridgehead atoms. The molecule has 0 amide bonds. The van der Waals surface area contributed by atoms with E-state index in [4.69, 9.17) is 15.7 Å². The van der Waals surface area contributed by atoms with Crippen molar-refractivity contribution in [3.05, 3.63) is 35.9 Å². The molecule has 0 aromatic heterocycles. The zero-order chi connectivity index (χ0) is 17.8. The van der Waals surface area contributed by atoms with Gasteiger partial charge in [-0.3, -0.25) is 9.79 Å². The highest BCUT2D eigenvalue weighted by molar-refractivity contribution is 8.13. The molecule has 0 radical (unpaired) electrons. The number of benzene rings is 1. The number of aliphatic carboxylic acids is 1. The number of carboxylic acid groups (broad SMARTS) is 1. The van der Waals surface area contributed by atoms with Gasteiger partial charge < -0.3 is 15.7 Å². The first-order valence-corrected chi connectivity index (χ1v) is 9.01. The Balaban J connectivity index is 0.000000254. The third-order valence-corrected chi connectivity index (χ3v) is 4.53. The summed E-state index contributed by atoms with van der Waals surface area (Å²) in [6.45, 7) is 5.38. The van der Waals surface area contributed by atoms with Crippen LogP contribution in [0.15, 0.2) is 35.3 Å². The lowest BCUT2D eigenvalue weighted by Gasteiger charge is -2.18. The van der Waals surface area contributed by atoms with Crippen LogP contribution in [0, 0.1) is 0 Å². The largest absolute Gasteiger partial charge is 0.480 e. The molecule has 2 rings (SSSR count). The molecule has 0 saturated carbocycles. The maximum atomic E-state index is 10.4. The third kappa shape index (κ3) is 7.92. The van der Waals surface area contributed by atoms with E-state index in [1.54, 1.807) is 6.92 Å². The van der Waals surface area contributed by atoms with E-state index in [9.17, 15) is 4.79 Å². The second-order valence-electron chi connectivity index (χ2n) is 5.68. The molecule has 2 atom stereocenters. The van der Waals surface area contributed by atoms with Crippen LogP contribution in [0.4, 0.5) is 0 Å². The molecular weight excluding hydrogens is 326 g/mol. The minimum Gasteiger partial charge on any atom is -0.480 e. The first-order valence-electron chi connectivity index (χ1n) is 8.06. The van der Waals surface area contributed by atoms with Gasteiger partial charge in [0, 0.05) is 6.54 Å². The van der Waals surface area contributed by atoms with Crippen LogP contribution >= 0.6 is 11.8 Å². The maximum Gasteiger partial charge on any atom is 0.320 e. The number of rotatable bonds is 8. The highest BCUT2D eigenvalue weighted by Crippen LogP contribution is 2.27. The van der Waals surface area contributed by atoms with Gasteiger partial charge in [-0.05, 0) is 18.9 Å². The highest BCUT2D eigenvalue weighted by Gasteiger charge is 2.39. The van der Waals surface area contributed by atoms with Gasteiger partial charge in [0.1, 0.15) is 10.9 Å². The highest BCUT2D eigenvalue weighted by atomic mass is 32.2. The summed E-state index contributed by atoms with van der Waals surface area (Å²) in [6.07, 6.45) is 3.62. The Morgan fingerprint density at radius 3 is 2.62 bits per heavy atom. The SMILES string of the molecule is CC1(N)N=CSC1C(=O)O.CCCCCONCc1ccccc1. The predicted molar refractivity (Wildman–Crippen MR) is 98.9 cm³/mol. The lowest BCUT2D eigenvalue weighted by atomic mass is 10.1. The van der Waals surface area contributed by atoms with Gasteiger partial charge in [0.15, 0.2) is 0 Å². The first kappa shape index (κ1) is 20.6. The van der Waals surface area contributed by atoms with E-state index >= 15 is 0 Å². The number of hydrogen-bond acceptors (Lipinski definition) is 6. The van der Waals surface area contributed by atoms with Crippen molar-refractivity contribution in [3.8, 4) is 0 Å². The third-order valence-electron chi connectivity index (χ3n) is 3.35. The van der Waals surface area contributed by atoms with Crippen molar-refractivity contribution >= 4 is 23.3 Å². The lowest BCUT2D eigenvalue weighted by molar-refractivity contribution is -0.137. The summed E-state index contributed by atoms with van der Waals surface area (Å²) in [5, 5.41) is 7.94. The van der Waals surface area contributed by atoms with Crippen LogP contribution < -0.4 is 11.2 Å². The number of hydrogen-bond donors (Lipinski definition) is 3. The fraction of sp³-hybridized carbons (Fsp3) is 0.529. The summed E-state index contributed by atoms with van der Waals surface area (Å²) in [6, 6.07) is 10.3. The molecule has 7 heteroatoms. The van der Waals surface area contributed by atoms with Crippen LogP contribution in [0.25, 0.3) is 0 Å². The van der Waals surface area contributed by atoms with Crippen LogP contribution in [0.3, 0.4) is 0 Å². The lowest BCUT2D eigenvalue weighted by Crippen LogP contribution is -2.45. The van der Waals surface area contributed by atoms with Crippen molar-refractivity contribution in [3.63, 3.8) is 0 Å². The number of aliphatic imine (C=N–C) groups is 1. The molecule has 1 heterocycles. The normalized spacial score (nSPS) is 22.0. The molecular formula is C17H27N3O3S. The van der Waals surface area contributed by atoms with Gasteiger partial charge >= 0.3 is 5.97 Å². The summed E-state index contributed by atoms with van der Waals surface area (Å²) in [5.74, 6) is -0.910. The number of hydroxylamine groups is 1. The monoisotopic (exact) mass is 353 g/mol. The molecule has 4 N–H and O–H groups in total. The number of nitrogens with two attached hydrogens (primary N) is 1. The Kier molecular flexibility index (Phi) is 9.63. The van der Waals surface area contributed by atoms with E-state index < -0.39 is 16.9 Å². The Morgan fingerprint density at radius 1 is 1.42 bits per heavy atom. The number of carboxylic acids is 1. The van der Waals surface area contributed by atoms with Crippen molar-refractivity contribution in [2.45, 2.75) is 50.6 Å². The maximum absolute atomic E-state index is 10.4. The molecule has 6 nitrogen and oxygen atoms in total. The van der Waals surface area contributed by atoms with Crippen molar-refractivity contribution in [1.29, 1.82) is 0 Å². The summed E-state index contributed by atoms with van der Waals surface area (Å²) >= 11 is 1.14. The molecule has 1 aromatic carbocycles. The van der Waals surface area contributed by atoms with E-state index in [1.165, 1.54) is 24.0 Å². The standard InChI is InChI=1S/C12H19NO.C5H8N2O2S/c1-2-3-7-10-14-13-11-12-8-5-4-6-9-12;1-5(6)3(4(8)9)10-2-7-5/h4-6,8-9,13H,2-3,7,10-11H2,1H3;2-3H,6H2,1H3,(H,8,9). The molecule has 1 aromatic rings. The second-order valence-corrected chi connectivity index (χ2v) is 6.63. The molecule has 1 aliphatic rings. The van der Waals surface area contributed by atoms with Crippen LogP contribution in [0.5, 0.6) is 0 Å². The van der Waals surface area contributed by atoms with Gasteiger partial charge in [0.05, 0.1) is 12.2 Å². The molecule has 2 unspecified atom stereocenters. The number of unbranched alkanes of at least 4 members (excludes halogenated alkanes) is 2. The van der Waals surface area contributed by atoms with Crippen LogP contribution in [0.2, 0.25) is 0 Å². The summed E-state index contributed by atoms with van der Waals surface area (Å²) in [7, 11) is 0. The van der Waals surface area contributed by atoms with Gasteiger partial charge in [-0.15, -0.1) is 0 Å². The quantitative estimate of drug-likeness (QED) is 0.491. The molecule has 24 heavy (non-hydrogen) atoms. The van der Waals surface area contributed by atoms with E-state index in [1.807, 2.05) is 18.2 Å². The predicted octanol–water partition coefficient (Wildman–Crippen LogP) is 2.79. The molecule has 0 spiro atoms. The fourth-order valence-corrected chi connectivity index (χ4v) is 2.81. The molecule has 1 aliphatic heterocycles. The minimum atomic E-state index is -0.934. The molecule has 0 aliphatic carbocycles. The summed E-state index contributed by atoms with van der Waals surface area (Å²) in [4.78, 5) is 19.5. The Morgan fingerprint density at radius 2 is 2.12 bits per heavy atom. The van der Waals surface area contributed by atoms with Gasteiger partial charge in [0.25, 0.3) is 0 Å². The van der Waals surface area contributed by atoms with E-state index in [0.29, 0.717) is 0 Å². The van der Waals surface area contributed by atoms with E-state index in [0.717, 1.165) is 31.3 Å². The minimum absolute atomic E-state index is 0.632. The van der Waals surface area contributed by atoms with Crippen LogP contribution in [0.1, 0.15) is 38.7 Å². The van der Waals surface area contributed by atoms with Crippen LogP contribution in [-0.2, 0) is 16.2 Å². The van der Waals surface area contributed by atoms with Crippen molar-refractivity contribution < 1.29 is 14.7 Å². The van der Waals surface area contributed by atoms with Gasteiger partial charge in [-0.25, -0.2) is 0 Å². The van der Waals surface area contributed by atoms with E-state index in [-0.39, 0.29) is 0 Å². The molecule has 0 saturated heterocycles. The zero-order valence-corrected chi connectivity index (χ0v) is 15.1. The smallest absolute Gasteiger partial charge is 0.320 e. The summed E-state index contributed by atoms with van der Waals surface area (Å²) in [5.41, 5.74) is 10.3.